The van der Waals surface area contributed by atoms with Gasteiger partial charge in [0.05, 0.1) is 10.8 Å². The molecular weight excluding hydrogens is 366 g/mol. The minimum absolute atomic E-state index is 0.205. The van der Waals surface area contributed by atoms with Crippen LogP contribution in [0.4, 0.5) is 5.95 Å². The highest BCUT2D eigenvalue weighted by Gasteiger charge is 2.45. The average Bonchev–Trinajstić information content (AvgIpc) is 3.29. The Morgan fingerprint density at radius 2 is 1.72 bits per heavy atom. The number of hydrogen-bond donors (Lipinski definition) is 1. The molecule has 0 aliphatic heterocycles. The molecule has 1 aliphatic carbocycles. The van der Waals surface area contributed by atoms with Gasteiger partial charge in [0.1, 0.15) is 0 Å². The van der Waals surface area contributed by atoms with Gasteiger partial charge in [0, 0.05) is 24.2 Å². The number of pyridine rings is 1. The molecule has 142 valence electrons. The summed E-state index contributed by atoms with van der Waals surface area (Å²) in [6, 6.07) is 12.3. The van der Waals surface area contributed by atoms with Crippen molar-refractivity contribution in [3.63, 3.8) is 0 Å². The third-order valence-corrected chi connectivity index (χ3v) is 5.89. The van der Waals surface area contributed by atoms with Crippen LogP contribution in [0, 0.1) is 0 Å². The molecule has 1 saturated carbocycles. The first-order chi connectivity index (χ1) is 14.2. The fourth-order valence-corrected chi connectivity index (χ4v) is 4.18. The third-order valence-electron chi connectivity index (χ3n) is 5.89. The largest absolute Gasteiger partial charge is 0.368 e. The van der Waals surface area contributed by atoms with Crippen LogP contribution in [-0.2, 0) is 5.41 Å². The predicted molar refractivity (Wildman–Crippen MR) is 107 cm³/mol. The second-order valence-corrected chi connectivity index (χ2v) is 7.43. The van der Waals surface area contributed by atoms with Crippen molar-refractivity contribution in [2.24, 2.45) is 0 Å². The molecule has 1 aromatic carbocycles. The van der Waals surface area contributed by atoms with Crippen LogP contribution >= 0.6 is 0 Å². The summed E-state index contributed by atoms with van der Waals surface area (Å²) in [4.78, 5) is 12.5. The van der Waals surface area contributed by atoms with Gasteiger partial charge in [-0.15, -0.1) is 14.8 Å². The molecule has 4 heterocycles. The zero-order chi connectivity index (χ0) is 19.4. The second kappa shape index (κ2) is 5.84. The maximum atomic E-state index is 5.98. The number of benzene rings is 1. The number of fused-ring (bicyclic) bond motifs is 3. The Bertz CT molecular complexity index is 1330. The molecule has 0 saturated heterocycles. The number of hydrogen-bond acceptors (Lipinski definition) is 7. The average molecular weight is 383 g/mol. The molecule has 1 aliphatic rings. The van der Waals surface area contributed by atoms with Crippen molar-refractivity contribution in [1.82, 2.24) is 29.7 Å². The van der Waals surface area contributed by atoms with Crippen LogP contribution in [0.15, 0.2) is 59.5 Å². The van der Waals surface area contributed by atoms with Gasteiger partial charge < -0.3 is 10.3 Å². The van der Waals surface area contributed by atoms with Crippen LogP contribution in [0.25, 0.3) is 27.9 Å². The van der Waals surface area contributed by atoms with Gasteiger partial charge in [0.2, 0.25) is 11.6 Å². The molecule has 0 unspecified atom stereocenters. The lowest BCUT2D eigenvalue weighted by molar-refractivity contribution is 0.254. The first-order valence-electron chi connectivity index (χ1n) is 9.53. The minimum atomic E-state index is -0.205. The Kier molecular flexibility index (Phi) is 3.26. The lowest BCUT2D eigenvalue weighted by Gasteiger charge is -2.40. The molecule has 0 radical (unpaired) electrons. The summed E-state index contributed by atoms with van der Waals surface area (Å²) in [5.41, 5.74) is 9.85. The first kappa shape index (κ1) is 16.2. The molecule has 0 atom stereocenters. The van der Waals surface area contributed by atoms with Crippen LogP contribution in [0.2, 0.25) is 0 Å². The Hall–Kier alpha value is -3.81. The summed E-state index contributed by atoms with van der Waals surface area (Å²) in [6.45, 7) is 0. The van der Waals surface area contributed by atoms with Crippen molar-refractivity contribution in [3.05, 3.63) is 66.4 Å². The molecule has 1 fully saturated rings. The van der Waals surface area contributed by atoms with E-state index in [0.717, 1.165) is 41.6 Å². The zero-order valence-corrected chi connectivity index (χ0v) is 15.5. The maximum Gasteiger partial charge on any atom is 0.257 e. The standard InChI is InChI=1S/C21H17N7O/c22-20-24-11-14(12-25-20)13-4-6-15(7-5-13)21(8-2-9-21)19-27-26-17-16-3-1-10-23-18(16)29-28(17)19/h1,3-7,10-12H,2,8-9H2,(H2,22,24,25). The molecule has 29 heavy (non-hydrogen) atoms. The smallest absolute Gasteiger partial charge is 0.257 e. The lowest BCUT2D eigenvalue weighted by atomic mass is 9.64. The Morgan fingerprint density at radius 3 is 2.45 bits per heavy atom. The summed E-state index contributed by atoms with van der Waals surface area (Å²) < 4.78 is 7.73. The van der Waals surface area contributed by atoms with Crippen molar-refractivity contribution < 1.29 is 4.52 Å². The lowest BCUT2D eigenvalue weighted by Crippen LogP contribution is -2.37. The highest BCUT2D eigenvalue weighted by Crippen LogP contribution is 2.48. The summed E-state index contributed by atoms with van der Waals surface area (Å²) in [6.07, 6.45) is 8.34. The SMILES string of the molecule is Nc1ncc(-c2ccc(C3(c4nnc5c6cccnc6on45)CCC3)cc2)cn1. The van der Waals surface area contributed by atoms with Crippen molar-refractivity contribution in [1.29, 1.82) is 0 Å². The van der Waals surface area contributed by atoms with E-state index in [-0.39, 0.29) is 11.4 Å². The number of nitrogens with zero attached hydrogens (tertiary/aromatic N) is 6. The van der Waals surface area contributed by atoms with Gasteiger partial charge in [-0.1, -0.05) is 30.7 Å². The molecule has 5 aromatic rings. The number of anilines is 1. The Balaban J connectivity index is 1.45. The van der Waals surface area contributed by atoms with E-state index in [1.807, 2.05) is 12.1 Å². The zero-order valence-electron chi connectivity index (χ0n) is 15.5. The first-order valence-corrected chi connectivity index (χ1v) is 9.53. The van der Waals surface area contributed by atoms with Gasteiger partial charge in [-0.3, -0.25) is 0 Å². The van der Waals surface area contributed by atoms with E-state index in [9.17, 15) is 0 Å². The van der Waals surface area contributed by atoms with Crippen LogP contribution in [0.5, 0.6) is 0 Å². The molecule has 6 rings (SSSR count). The van der Waals surface area contributed by atoms with Gasteiger partial charge >= 0.3 is 0 Å². The van der Waals surface area contributed by atoms with Gasteiger partial charge in [0.25, 0.3) is 5.71 Å². The molecule has 2 N–H and O–H groups in total. The highest BCUT2D eigenvalue weighted by atomic mass is 16.5. The second-order valence-electron chi connectivity index (χ2n) is 7.43. The monoisotopic (exact) mass is 383 g/mol. The van der Waals surface area contributed by atoms with Gasteiger partial charge in [0.15, 0.2) is 5.82 Å². The summed E-state index contributed by atoms with van der Waals surface area (Å²) in [5.74, 6) is 1.11. The number of aromatic nitrogens is 6. The highest BCUT2D eigenvalue weighted by molar-refractivity contribution is 5.87. The molecule has 8 nitrogen and oxygen atoms in total. The normalized spacial score (nSPS) is 15.6. The Labute approximate surface area is 165 Å². The van der Waals surface area contributed by atoms with Gasteiger partial charge in [-0.05, 0) is 36.1 Å². The molecule has 4 aromatic heterocycles. The maximum absolute atomic E-state index is 5.98. The number of rotatable bonds is 3. The fourth-order valence-electron chi connectivity index (χ4n) is 4.18. The van der Waals surface area contributed by atoms with Crippen molar-refractivity contribution in [2.45, 2.75) is 24.7 Å². The van der Waals surface area contributed by atoms with E-state index in [4.69, 9.17) is 10.3 Å². The van der Waals surface area contributed by atoms with Crippen molar-refractivity contribution in [3.8, 4) is 11.1 Å². The van der Waals surface area contributed by atoms with E-state index < -0.39 is 0 Å². The fraction of sp³-hybridized carbons (Fsp3) is 0.190. The van der Waals surface area contributed by atoms with Crippen molar-refractivity contribution in [2.75, 3.05) is 5.73 Å². The van der Waals surface area contributed by atoms with Crippen LogP contribution in [-0.4, -0.2) is 29.7 Å². The molecule has 0 spiro atoms. The van der Waals surface area contributed by atoms with E-state index in [1.165, 1.54) is 5.56 Å². The topological polar surface area (TPSA) is 108 Å². The Morgan fingerprint density at radius 1 is 0.931 bits per heavy atom. The van der Waals surface area contributed by atoms with E-state index in [0.29, 0.717) is 11.4 Å². The summed E-state index contributed by atoms with van der Waals surface area (Å²) in [5, 5.41) is 9.80. The minimum Gasteiger partial charge on any atom is -0.368 e. The predicted octanol–water partition coefficient (Wildman–Crippen LogP) is 3.38. The summed E-state index contributed by atoms with van der Waals surface area (Å²) >= 11 is 0. The van der Waals surface area contributed by atoms with E-state index >= 15 is 0 Å². The third kappa shape index (κ3) is 2.29. The van der Waals surface area contributed by atoms with Crippen LogP contribution in [0.3, 0.4) is 0 Å². The van der Waals surface area contributed by atoms with Crippen LogP contribution < -0.4 is 5.73 Å². The van der Waals surface area contributed by atoms with Gasteiger partial charge in [-0.25, -0.2) is 15.0 Å². The molecule has 8 heteroatoms. The van der Waals surface area contributed by atoms with Crippen molar-refractivity contribution >= 4 is 22.7 Å². The van der Waals surface area contributed by atoms with E-state index in [2.05, 4.69) is 49.4 Å². The summed E-state index contributed by atoms with van der Waals surface area (Å²) in [7, 11) is 0. The molecule has 0 amide bonds. The number of nitrogens with two attached hydrogens (primary N) is 1. The molecule has 0 bridgehead atoms. The van der Waals surface area contributed by atoms with Crippen LogP contribution in [0.1, 0.15) is 30.7 Å². The quantitative estimate of drug-likeness (QED) is 0.509. The van der Waals surface area contributed by atoms with E-state index in [1.54, 1.807) is 23.2 Å². The molecular formula is C21H17N7O. The van der Waals surface area contributed by atoms with Gasteiger partial charge in [-0.2, -0.15) is 0 Å². The number of nitrogen functional groups attached to an aromatic ring is 1.